The van der Waals surface area contributed by atoms with Crippen LogP contribution in [0.25, 0.3) is 0 Å². The molecule has 4 amide bonds. The van der Waals surface area contributed by atoms with E-state index in [-0.39, 0.29) is 17.7 Å². The molecule has 1 saturated carbocycles. The molecule has 31 heavy (non-hydrogen) atoms. The minimum atomic E-state index is -0.918. The van der Waals surface area contributed by atoms with Crippen LogP contribution in [0.1, 0.15) is 50.7 Å². The lowest BCUT2D eigenvalue weighted by Crippen LogP contribution is -2.54. The number of carbonyl (C=O) groups excluding carboxylic acids is 4. The van der Waals surface area contributed by atoms with E-state index in [0.29, 0.717) is 13.0 Å². The lowest BCUT2D eigenvalue weighted by molar-refractivity contribution is -0.153. The van der Waals surface area contributed by atoms with Gasteiger partial charge in [0.1, 0.15) is 12.1 Å². The standard InChI is InChI=1S/C23H31N3O5/c1-4-17-8-10-18(11-9-17)13-25(3)19(27)15-31-20(28)14-26-21(29)23(24-22(26)30)12-6-5-7-16(23)2/h8-11,16H,4-7,12-15H2,1-3H3,(H,24,30)/t16-,23-/m0/s1. The number of carbonyl (C=O) groups is 4. The largest absolute Gasteiger partial charge is 0.454 e. The summed E-state index contributed by atoms with van der Waals surface area (Å²) >= 11 is 0. The third-order valence-electron chi connectivity index (χ3n) is 6.42. The van der Waals surface area contributed by atoms with Gasteiger partial charge in [0.05, 0.1) is 0 Å². The van der Waals surface area contributed by atoms with Crippen molar-refractivity contribution in [2.24, 2.45) is 5.92 Å². The van der Waals surface area contributed by atoms with Gasteiger partial charge >= 0.3 is 12.0 Å². The fourth-order valence-electron chi connectivity index (χ4n) is 4.31. The summed E-state index contributed by atoms with van der Waals surface area (Å²) in [5, 5.41) is 2.80. The van der Waals surface area contributed by atoms with E-state index >= 15 is 0 Å². The molecule has 1 aromatic carbocycles. The van der Waals surface area contributed by atoms with Crippen molar-refractivity contribution >= 4 is 23.8 Å². The van der Waals surface area contributed by atoms with E-state index in [0.717, 1.165) is 36.1 Å². The first-order chi connectivity index (χ1) is 14.8. The lowest BCUT2D eigenvalue weighted by atomic mass is 9.73. The molecule has 0 bridgehead atoms. The molecule has 1 heterocycles. The van der Waals surface area contributed by atoms with E-state index in [1.165, 1.54) is 10.5 Å². The molecule has 168 valence electrons. The highest BCUT2D eigenvalue weighted by Gasteiger charge is 2.55. The monoisotopic (exact) mass is 429 g/mol. The van der Waals surface area contributed by atoms with Crippen molar-refractivity contribution in [2.45, 2.75) is 58.0 Å². The molecule has 1 N–H and O–H groups in total. The number of amides is 4. The van der Waals surface area contributed by atoms with Crippen LogP contribution in [0.15, 0.2) is 24.3 Å². The van der Waals surface area contributed by atoms with E-state index in [2.05, 4.69) is 12.2 Å². The zero-order valence-corrected chi connectivity index (χ0v) is 18.5. The predicted octanol–water partition coefficient (Wildman–Crippen LogP) is 2.25. The summed E-state index contributed by atoms with van der Waals surface area (Å²) in [5.74, 6) is -1.50. The van der Waals surface area contributed by atoms with Crippen LogP contribution in [0.5, 0.6) is 0 Å². The molecule has 2 aliphatic rings. The van der Waals surface area contributed by atoms with Crippen LogP contribution in [0, 0.1) is 5.92 Å². The third kappa shape index (κ3) is 4.89. The number of benzene rings is 1. The number of esters is 1. The molecule has 0 unspecified atom stereocenters. The van der Waals surface area contributed by atoms with Gasteiger partial charge in [-0.05, 0) is 36.3 Å². The number of imide groups is 1. The van der Waals surface area contributed by atoms with Gasteiger partial charge in [0.15, 0.2) is 6.61 Å². The van der Waals surface area contributed by atoms with Crippen molar-refractivity contribution in [2.75, 3.05) is 20.2 Å². The number of hydrogen-bond acceptors (Lipinski definition) is 5. The molecule has 1 aliphatic heterocycles. The number of likely N-dealkylation sites (N-methyl/N-ethyl adjacent to an activating group) is 1. The summed E-state index contributed by atoms with van der Waals surface area (Å²) in [6.45, 7) is 3.49. The average molecular weight is 430 g/mol. The number of hydrogen-bond donors (Lipinski definition) is 1. The number of rotatable bonds is 7. The first-order valence-corrected chi connectivity index (χ1v) is 10.9. The van der Waals surface area contributed by atoms with Crippen molar-refractivity contribution in [1.29, 1.82) is 0 Å². The van der Waals surface area contributed by atoms with E-state index in [9.17, 15) is 19.2 Å². The van der Waals surface area contributed by atoms with Crippen LogP contribution in [0.3, 0.4) is 0 Å². The Labute approximate surface area is 182 Å². The van der Waals surface area contributed by atoms with Crippen molar-refractivity contribution in [1.82, 2.24) is 15.1 Å². The molecule has 1 saturated heterocycles. The van der Waals surface area contributed by atoms with Crippen LogP contribution in [-0.4, -0.2) is 59.4 Å². The smallest absolute Gasteiger partial charge is 0.326 e. The van der Waals surface area contributed by atoms with E-state index < -0.39 is 30.7 Å². The molecule has 8 nitrogen and oxygen atoms in total. The Bertz CT molecular complexity index is 853. The fraction of sp³-hybridized carbons (Fsp3) is 0.565. The molecule has 1 aromatic rings. The molecular formula is C23H31N3O5. The SMILES string of the molecule is CCc1ccc(CN(C)C(=O)COC(=O)CN2C(=O)N[C@]3(CCCC[C@@H]3C)C2=O)cc1. The topological polar surface area (TPSA) is 96.0 Å². The van der Waals surface area contributed by atoms with Gasteiger partial charge in [0.2, 0.25) is 0 Å². The van der Waals surface area contributed by atoms with Crippen LogP contribution < -0.4 is 5.32 Å². The zero-order valence-electron chi connectivity index (χ0n) is 18.5. The van der Waals surface area contributed by atoms with E-state index in [4.69, 9.17) is 4.74 Å². The fourth-order valence-corrected chi connectivity index (χ4v) is 4.31. The first-order valence-electron chi connectivity index (χ1n) is 10.9. The minimum Gasteiger partial charge on any atom is -0.454 e. The maximum atomic E-state index is 12.9. The average Bonchev–Trinajstić information content (AvgIpc) is 2.99. The minimum absolute atomic E-state index is 0.0142. The molecule has 2 fully saturated rings. The molecule has 0 aromatic heterocycles. The van der Waals surface area contributed by atoms with Gasteiger partial charge in [-0.3, -0.25) is 19.3 Å². The second kappa shape index (κ2) is 9.49. The number of ether oxygens (including phenoxy) is 1. The summed E-state index contributed by atoms with van der Waals surface area (Å²) in [6, 6.07) is 7.40. The normalized spacial score (nSPS) is 23.1. The highest BCUT2D eigenvalue weighted by atomic mass is 16.5. The summed E-state index contributed by atoms with van der Waals surface area (Å²) in [7, 11) is 1.63. The van der Waals surface area contributed by atoms with Gasteiger partial charge in [-0.25, -0.2) is 4.79 Å². The quantitative estimate of drug-likeness (QED) is 0.530. The number of nitrogens with one attached hydrogen (secondary N) is 1. The lowest BCUT2D eigenvalue weighted by Gasteiger charge is -2.36. The maximum absolute atomic E-state index is 12.9. The van der Waals surface area contributed by atoms with Gasteiger partial charge in [-0.15, -0.1) is 0 Å². The third-order valence-corrected chi connectivity index (χ3v) is 6.42. The molecule has 8 heteroatoms. The maximum Gasteiger partial charge on any atom is 0.326 e. The van der Waals surface area contributed by atoms with Gasteiger partial charge in [-0.1, -0.05) is 51.0 Å². The van der Waals surface area contributed by atoms with E-state index in [1.54, 1.807) is 7.05 Å². The summed E-state index contributed by atoms with van der Waals surface area (Å²) < 4.78 is 5.06. The molecular weight excluding hydrogens is 398 g/mol. The number of aryl methyl sites for hydroxylation is 1. The first kappa shape index (κ1) is 22.8. The van der Waals surface area contributed by atoms with Crippen molar-refractivity contribution in [3.8, 4) is 0 Å². The number of nitrogens with zero attached hydrogens (tertiary/aromatic N) is 2. The van der Waals surface area contributed by atoms with Crippen LogP contribution in [-0.2, 0) is 32.1 Å². The molecule has 1 spiro atoms. The van der Waals surface area contributed by atoms with Gasteiger partial charge in [0.25, 0.3) is 11.8 Å². The van der Waals surface area contributed by atoms with Gasteiger partial charge in [0, 0.05) is 13.6 Å². The van der Waals surface area contributed by atoms with Crippen LogP contribution >= 0.6 is 0 Å². The van der Waals surface area contributed by atoms with Crippen molar-refractivity contribution in [3.05, 3.63) is 35.4 Å². The second-order valence-corrected chi connectivity index (χ2v) is 8.52. The Kier molecular flexibility index (Phi) is 6.97. The molecule has 1 aliphatic carbocycles. The van der Waals surface area contributed by atoms with Crippen LogP contribution in [0.4, 0.5) is 4.79 Å². The Hall–Kier alpha value is -2.90. The summed E-state index contributed by atoms with van der Waals surface area (Å²) in [6.07, 6.45) is 4.25. The Morgan fingerprint density at radius 2 is 1.87 bits per heavy atom. The highest BCUT2D eigenvalue weighted by molar-refractivity contribution is 6.09. The molecule has 2 atom stereocenters. The van der Waals surface area contributed by atoms with E-state index in [1.807, 2.05) is 31.2 Å². The summed E-state index contributed by atoms with van der Waals surface area (Å²) in [4.78, 5) is 52.2. The van der Waals surface area contributed by atoms with Crippen LogP contribution in [0.2, 0.25) is 0 Å². The van der Waals surface area contributed by atoms with Gasteiger partial charge < -0.3 is 15.0 Å². The Morgan fingerprint density at radius 3 is 2.52 bits per heavy atom. The summed E-state index contributed by atoms with van der Waals surface area (Å²) in [5.41, 5.74) is 1.28. The highest BCUT2D eigenvalue weighted by Crippen LogP contribution is 2.38. The Morgan fingerprint density at radius 1 is 1.19 bits per heavy atom. The van der Waals surface area contributed by atoms with Gasteiger partial charge in [-0.2, -0.15) is 0 Å². The zero-order chi connectivity index (χ0) is 22.6. The molecule has 0 radical (unpaired) electrons. The molecule has 3 rings (SSSR count). The Balaban J connectivity index is 1.49. The second-order valence-electron chi connectivity index (χ2n) is 8.52. The number of urea groups is 1. The van der Waals surface area contributed by atoms with Crippen molar-refractivity contribution < 1.29 is 23.9 Å². The predicted molar refractivity (Wildman–Crippen MR) is 114 cm³/mol. The van der Waals surface area contributed by atoms with Crippen molar-refractivity contribution in [3.63, 3.8) is 0 Å².